The third-order valence-electron chi connectivity index (χ3n) is 4.75. The van der Waals surface area contributed by atoms with Crippen molar-refractivity contribution in [2.45, 2.75) is 91.3 Å². The molecule has 1 rings (SSSR count). The van der Waals surface area contributed by atoms with Crippen LogP contribution in [0.5, 0.6) is 0 Å². The Balaban J connectivity index is 2.66. The number of unbranched alkanes of at least 4 members (excludes halogenated alkanes) is 2. The summed E-state index contributed by atoms with van der Waals surface area (Å²) in [4.78, 5) is 2.67. The molecule has 1 aliphatic rings. The van der Waals surface area contributed by atoms with E-state index < -0.39 is 0 Å². The third kappa shape index (κ3) is 3.96. The monoisotopic (exact) mass is 254 g/mol. The Hall–Kier alpha value is -0.0800. The highest BCUT2D eigenvalue weighted by atomic mass is 15.2. The summed E-state index contributed by atoms with van der Waals surface area (Å²) in [6, 6.07) is 1.53. The average molecular weight is 254 g/mol. The lowest BCUT2D eigenvalue weighted by atomic mass is 9.70. The number of nitrogens with zero attached hydrogens (tertiary/aromatic N) is 1. The first-order valence-corrected chi connectivity index (χ1v) is 7.91. The van der Waals surface area contributed by atoms with Gasteiger partial charge in [0.25, 0.3) is 0 Å². The van der Waals surface area contributed by atoms with Crippen molar-refractivity contribution in [2.75, 3.05) is 6.54 Å². The first-order chi connectivity index (χ1) is 8.40. The Kier molecular flexibility index (Phi) is 6.13. The van der Waals surface area contributed by atoms with Crippen LogP contribution in [0.2, 0.25) is 0 Å². The molecular formula is C16H34N2. The molecule has 2 atom stereocenters. The van der Waals surface area contributed by atoms with E-state index in [1.54, 1.807) is 0 Å². The topological polar surface area (TPSA) is 29.3 Å². The molecule has 1 fully saturated rings. The van der Waals surface area contributed by atoms with Crippen molar-refractivity contribution < 1.29 is 0 Å². The van der Waals surface area contributed by atoms with Crippen LogP contribution in [0.1, 0.15) is 73.1 Å². The van der Waals surface area contributed by atoms with Gasteiger partial charge in [0.2, 0.25) is 0 Å². The first-order valence-electron chi connectivity index (χ1n) is 7.91. The van der Waals surface area contributed by atoms with Gasteiger partial charge in [-0.1, -0.05) is 40.0 Å². The second kappa shape index (κ2) is 6.91. The molecule has 0 aromatic rings. The minimum atomic E-state index is 0.306. The Labute approximate surface area is 114 Å². The van der Waals surface area contributed by atoms with Gasteiger partial charge in [-0.25, -0.2) is 0 Å². The molecule has 0 bridgehead atoms. The van der Waals surface area contributed by atoms with Crippen molar-refractivity contribution in [3.63, 3.8) is 0 Å². The van der Waals surface area contributed by atoms with Crippen molar-refractivity contribution in [1.29, 1.82) is 0 Å². The maximum absolute atomic E-state index is 6.56. The Morgan fingerprint density at radius 2 is 1.94 bits per heavy atom. The van der Waals surface area contributed by atoms with E-state index in [1.807, 2.05) is 0 Å². The summed E-state index contributed by atoms with van der Waals surface area (Å²) >= 11 is 0. The number of nitrogens with two attached hydrogens (primary N) is 1. The van der Waals surface area contributed by atoms with Crippen molar-refractivity contribution >= 4 is 0 Å². The minimum Gasteiger partial charge on any atom is -0.326 e. The molecule has 2 unspecified atom stereocenters. The molecule has 1 aliphatic carbocycles. The van der Waals surface area contributed by atoms with Crippen LogP contribution in [0.25, 0.3) is 0 Å². The van der Waals surface area contributed by atoms with E-state index in [2.05, 4.69) is 39.5 Å². The second-order valence-corrected chi connectivity index (χ2v) is 7.01. The van der Waals surface area contributed by atoms with Crippen LogP contribution >= 0.6 is 0 Å². The standard InChI is InChI=1S/C16H34N2/c1-6-7-8-12-18(13(2)3)14-10-9-11-16(4,5)15(14)17/h13-15H,6-12,17H2,1-5H3. The summed E-state index contributed by atoms with van der Waals surface area (Å²) in [6.45, 7) is 12.8. The van der Waals surface area contributed by atoms with Gasteiger partial charge in [0, 0.05) is 18.1 Å². The second-order valence-electron chi connectivity index (χ2n) is 7.01. The molecule has 108 valence electrons. The average Bonchev–Trinajstić information content (AvgIpc) is 2.29. The van der Waals surface area contributed by atoms with Crippen LogP contribution in [-0.2, 0) is 0 Å². The molecule has 18 heavy (non-hydrogen) atoms. The van der Waals surface area contributed by atoms with Crippen molar-refractivity contribution in [2.24, 2.45) is 11.1 Å². The molecule has 0 aromatic heterocycles. The fourth-order valence-electron chi connectivity index (χ4n) is 3.36. The van der Waals surface area contributed by atoms with Crippen molar-refractivity contribution in [3.05, 3.63) is 0 Å². The molecule has 2 nitrogen and oxygen atoms in total. The zero-order valence-electron chi connectivity index (χ0n) is 13.2. The highest BCUT2D eigenvalue weighted by Crippen LogP contribution is 2.37. The normalized spacial score (nSPS) is 28.0. The lowest BCUT2D eigenvalue weighted by Gasteiger charge is -2.48. The molecule has 0 aromatic carbocycles. The van der Waals surface area contributed by atoms with Crippen LogP contribution in [0, 0.1) is 5.41 Å². The van der Waals surface area contributed by atoms with E-state index in [4.69, 9.17) is 5.73 Å². The van der Waals surface area contributed by atoms with E-state index in [0.29, 0.717) is 23.5 Å². The van der Waals surface area contributed by atoms with Crippen LogP contribution in [0.3, 0.4) is 0 Å². The van der Waals surface area contributed by atoms with Gasteiger partial charge in [0.05, 0.1) is 0 Å². The van der Waals surface area contributed by atoms with Gasteiger partial charge in [0.1, 0.15) is 0 Å². The predicted molar refractivity (Wildman–Crippen MR) is 80.8 cm³/mol. The van der Waals surface area contributed by atoms with E-state index in [-0.39, 0.29) is 0 Å². The molecule has 0 amide bonds. The fraction of sp³-hybridized carbons (Fsp3) is 1.00. The van der Waals surface area contributed by atoms with Crippen LogP contribution in [0.4, 0.5) is 0 Å². The molecule has 0 saturated heterocycles. The summed E-state index contributed by atoms with van der Waals surface area (Å²) in [5, 5.41) is 0. The van der Waals surface area contributed by atoms with Gasteiger partial charge >= 0.3 is 0 Å². The summed E-state index contributed by atoms with van der Waals surface area (Å²) in [5.74, 6) is 0. The lowest BCUT2D eigenvalue weighted by molar-refractivity contribution is 0.0469. The Morgan fingerprint density at radius 1 is 1.28 bits per heavy atom. The molecule has 0 radical (unpaired) electrons. The lowest BCUT2D eigenvalue weighted by Crippen LogP contribution is -2.58. The Bertz CT molecular complexity index is 235. The molecule has 0 heterocycles. The largest absolute Gasteiger partial charge is 0.326 e. The van der Waals surface area contributed by atoms with Gasteiger partial charge in [-0.05, 0) is 45.1 Å². The van der Waals surface area contributed by atoms with Crippen LogP contribution in [-0.4, -0.2) is 29.6 Å². The fourth-order valence-corrected chi connectivity index (χ4v) is 3.36. The van der Waals surface area contributed by atoms with Gasteiger partial charge in [-0.2, -0.15) is 0 Å². The van der Waals surface area contributed by atoms with E-state index in [0.717, 1.165) is 0 Å². The van der Waals surface area contributed by atoms with Gasteiger partial charge in [0.15, 0.2) is 0 Å². The van der Waals surface area contributed by atoms with Crippen molar-refractivity contribution in [1.82, 2.24) is 4.90 Å². The summed E-state index contributed by atoms with van der Waals surface area (Å²) in [7, 11) is 0. The van der Waals surface area contributed by atoms with Crippen LogP contribution < -0.4 is 5.73 Å². The molecule has 1 saturated carbocycles. The van der Waals surface area contributed by atoms with Crippen LogP contribution in [0.15, 0.2) is 0 Å². The Morgan fingerprint density at radius 3 is 2.50 bits per heavy atom. The molecule has 0 aliphatic heterocycles. The highest BCUT2D eigenvalue weighted by Gasteiger charge is 2.39. The minimum absolute atomic E-state index is 0.306. The maximum Gasteiger partial charge on any atom is 0.0255 e. The zero-order chi connectivity index (χ0) is 13.8. The third-order valence-corrected chi connectivity index (χ3v) is 4.75. The number of rotatable bonds is 6. The smallest absolute Gasteiger partial charge is 0.0255 e. The molecule has 2 heteroatoms. The summed E-state index contributed by atoms with van der Waals surface area (Å²) < 4.78 is 0. The molecule has 2 N–H and O–H groups in total. The quantitative estimate of drug-likeness (QED) is 0.731. The maximum atomic E-state index is 6.56. The summed E-state index contributed by atoms with van der Waals surface area (Å²) in [5.41, 5.74) is 6.86. The molecule has 0 spiro atoms. The van der Waals surface area contributed by atoms with E-state index in [9.17, 15) is 0 Å². The van der Waals surface area contributed by atoms with Gasteiger partial charge in [-0.15, -0.1) is 0 Å². The predicted octanol–water partition coefficient (Wildman–Crippen LogP) is 3.79. The summed E-state index contributed by atoms with van der Waals surface area (Å²) in [6.07, 6.45) is 7.86. The SMILES string of the molecule is CCCCCN(C(C)C)C1CCCC(C)(C)C1N. The van der Waals surface area contributed by atoms with E-state index in [1.165, 1.54) is 45.1 Å². The number of hydrogen-bond donors (Lipinski definition) is 1. The highest BCUT2D eigenvalue weighted by molar-refractivity contribution is 4.96. The zero-order valence-corrected chi connectivity index (χ0v) is 13.2. The van der Waals surface area contributed by atoms with E-state index >= 15 is 0 Å². The number of hydrogen-bond acceptors (Lipinski definition) is 2. The van der Waals surface area contributed by atoms with Crippen molar-refractivity contribution in [3.8, 4) is 0 Å². The van der Waals surface area contributed by atoms with Gasteiger partial charge in [-0.3, -0.25) is 4.90 Å². The molecular weight excluding hydrogens is 220 g/mol. The van der Waals surface area contributed by atoms with Gasteiger partial charge < -0.3 is 5.73 Å². The first kappa shape index (κ1) is 16.0.